The van der Waals surface area contributed by atoms with Crippen molar-refractivity contribution < 1.29 is 9.72 Å². The van der Waals surface area contributed by atoms with Gasteiger partial charge in [0.1, 0.15) is 5.69 Å². The van der Waals surface area contributed by atoms with Crippen LogP contribution in [0.25, 0.3) is 0 Å². The van der Waals surface area contributed by atoms with Crippen LogP contribution in [0.3, 0.4) is 0 Å². The van der Waals surface area contributed by atoms with Crippen LogP contribution < -0.4 is 10.2 Å². The third-order valence-electron chi connectivity index (χ3n) is 3.84. The molecule has 1 aliphatic rings. The van der Waals surface area contributed by atoms with E-state index < -0.39 is 4.92 Å². The van der Waals surface area contributed by atoms with Crippen LogP contribution >= 0.6 is 0 Å². The number of nitrogens with one attached hydrogen (secondary N) is 1. The quantitative estimate of drug-likeness (QED) is 0.663. The second-order valence-corrected chi connectivity index (χ2v) is 5.21. The molecule has 1 saturated carbocycles. The van der Waals surface area contributed by atoms with Crippen LogP contribution in [0.4, 0.5) is 17.1 Å². The van der Waals surface area contributed by atoms with Crippen molar-refractivity contribution in [2.24, 2.45) is 5.92 Å². The molecule has 0 aromatic heterocycles. The minimum absolute atomic E-state index is 0.00919. The molecule has 0 unspecified atom stereocenters. The molecule has 1 fully saturated rings. The number of benzene rings is 1. The summed E-state index contributed by atoms with van der Waals surface area (Å²) in [4.78, 5) is 23.4. The summed E-state index contributed by atoms with van der Waals surface area (Å²) >= 11 is 0. The van der Waals surface area contributed by atoms with Gasteiger partial charge in [0.05, 0.1) is 10.6 Å². The number of carbonyl (C=O) groups excluding carboxylic acids is 1. The highest BCUT2D eigenvalue weighted by atomic mass is 16.6. The van der Waals surface area contributed by atoms with Crippen LogP contribution in [0.5, 0.6) is 0 Å². The minimum Gasteiger partial charge on any atom is -0.379 e. The summed E-state index contributed by atoms with van der Waals surface area (Å²) in [6.45, 7) is 2.19. The highest BCUT2D eigenvalue weighted by molar-refractivity contribution is 5.91. The monoisotopic (exact) mass is 277 g/mol. The van der Waals surface area contributed by atoms with Gasteiger partial charge in [0.2, 0.25) is 5.91 Å². The maximum Gasteiger partial charge on any atom is 0.294 e. The highest BCUT2D eigenvalue weighted by Crippen LogP contribution is 2.31. The first-order valence-corrected chi connectivity index (χ1v) is 6.75. The van der Waals surface area contributed by atoms with Gasteiger partial charge in [0.15, 0.2) is 0 Å². The fourth-order valence-electron chi connectivity index (χ4n) is 2.16. The summed E-state index contributed by atoms with van der Waals surface area (Å²) in [5.74, 6) is 0.462. The van der Waals surface area contributed by atoms with Crippen molar-refractivity contribution in [3.05, 3.63) is 28.3 Å². The van der Waals surface area contributed by atoms with Gasteiger partial charge in [-0.05, 0) is 30.9 Å². The molecule has 20 heavy (non-hydrogen) atoms. The molecule has 0 aliphatic heterocycles. The van der Waals surface area contributed by atoms with Gasteiger partial charge in [-0.2, -0.15) is 0 Å². The summed E-state index contributed by atoms with van der Waals surface area (Å²) < 4.78 is 0. The van der Waals surface area contributed by atoms with E-state index in [1.165, 1.54) is 37.2 Å². The minimum atomic E-state index is -0.416. The number of nitro groups is 1. The molecule has 0 bridgehead atoms. The number of hydrogen-bond donors (Lipinski definition) is 1. The first-order chi connectivity index (χ1) is 9.49. The van der Waals surface area contributed by atoms with Gasteiger partial charge < -0.3 is 10.2 Å². The molecule has 108 valence electrons. The van der Waals surface area contributed by atoms with Crippen molar-refractivity contribution in [3.63, 3.8) is 0 Å². The molecule has 0 atom stereocenters. The predicted octanol–water partition coefficient (Wildman–Crippen LogP) is 2.79. The number of hydrogen-bond acceptors (Lipinski definition) is 4. The van der Waals surface area contributed by atoms with Gasteiger partial charge in [-0.1, -0.05) is 6.42 Å². The molecule has 0 spiro atoms. The fourth-order valence-corrected chi connectivity index (χ4v) is 2.16. The lowest BCUT2D eigenvalue weighted by atomic mass is 9.85. The summed E-state index contributed by atoms with van der Waals surface area (Å²) in [6.07, 6.45) is 3.62. The zero-order valence-corrected chi connectivity index (χ0v) is 11.8. The number of nitro benzene ring substituents is 1. The molecule has 1 amide bonds. The highest BCUT2D eigenvalue weighted by Gasteiger charge is 2.20. The van der Waals surface area contributed by atoms with Crippen molar-refractivity contribution in [1.29, 1.82) is 0 Å². The lowest BCUT2D eigenvalue weighted by Gasteiger charge is -2.26. The Labute approximate surface area is 117 Å². The average Bonchev–Trinajstić information content (AvgIpc) is 2.35. The van der Waals surface area contributed by atoms with E-state index in [1.807, 2.05) is 0 Å². The van der Waals surface area contributed by atoms with E-state index in [-0.39, 0.29) is 11.6 Å². The molecule has 0 saturated heterocycles. The maximum atomic E-state index is 11.3. The molecule has 0 heterocycles. The van der Waals surface area contributed by atoms with Crippen LogP contribution in [0.1, 0.15) is 26.2 Å². The molecular weight excluding hydrogens is 258 g/mol. The third kappa shape index (κ3) is 3.07. The number of carbonyl (C=O) groups is 1. The van der Waals surface area contributed by atoms with Gasteiger partial charge in [0.25, 0.3) is 5.69 Å². The lowest BCUT2D eigenvalue weighted by Crippen LogP contribution is -2.23. The van der Waals surface area contributed by atoms with E-state index in [4.69, 9.17) is 0 Å². The third-order valence-corrected chi connectivity index (χ3v) is 3.84. The molecule has 2 rings (SSSR count). The lowest BCUT2D eigenvalue weighted by molar-refractivity contribution is -0.383. The summed E-state index contributed by atoms with van der Waals surface area (Å²) in [5, 5.41) is 14.3. The van der Waals surface area contributed by atoms with Crippen LogP contribution in [0, 0.1) is 16.0 Å². The van der Waals surface area contributed by atoms with Crippen molar-refractivity contribution in [3.8, 4) is 0 Å². The van der Waals surface area contributed by atoms with Crippen LogP contribution in [-0.2, 0) is 4.79 Å². The Morgan fingerprint density at radius 2 is 2.20 bits per heavy atom. The second-order valence-electron chi connectivity index (χ2n) is 5.21. The molecule has 6 heteroatoms. The Morgan fingerprint density at radius 1 is 1.50 bits per heavy atom. The number of amides is 1. The Kier molecular flexibility index (Phi) is 4.22. The summed E-state index contributed by atoms with van der Waals surface area (Å²) in [6, 6.07) is 4.83. The topological polar surface area (TPSA) is 75.5 Å². The van der Waals surface area contributed by atoms with E-state index in [0.717, 1.165) is 6.54 Å². The van der Waals surface area contributed by atoms with E-state index in [1.54, 1.807) is 19.2 Å². The molecule has 1 aliphatic carbocycles. The van der Waals surface area contributed by atoms with Crippen LogP contribution in [0.15, 0.2) is 18.2 Å². The van der Waals surface area contributed by atoms with Gasteiger partial charge in [-0.15, -0.1) is 0 Å². The normalized spacial score (nSPS) is 14.5. The fraction of sp³-hybridized carbons (Fsp3) is 0.500. The Morgan fingerprint density at radius 3 is 2.70 bits per heavy atom. The SMILES string of the molecule is CC(=O)N(C)c1ccc(NCC2CCC2)c([N+](=O)[O-])c1. The maximum absolute atomic E-state index is 11.3. The number of anilines is 2. The van der Waals surface area contributed by atoms with Crippen molar-refractivity contribution in [1.82, 2.24) is 0 Å². The van der Waals surface area contributed by atoms with E-state index >= 15 is 0 Å². The van der Waals surface area contributed by atoms with Crippen molar-refractivity contribution in [2.75, 3.05) is 23.8 Å². The summed E-state index contributed by atoms with van der Waals surface area (Å²) in [7, 11) is 1.60. The predicted molar refractivity (Wildman–Crippen MR) is 78.0 cm³/mol. The van der Waals surface area contributed by atoms with Crippen molar-refractivity contribution in [2.45, 2.75) is 26.2 Å². The second kappa shape index (κ2) is 5.90. The van der Waals surface area contributed by atoms with Gasteiger partial charge in [-0.25, -0.2) is 0 Å². The molecule has 1 aromatic rings. The van der Waals surface area contributed by atoms with Crippen molar-refractivity contribution >= 4 is 23.0 Å². The van der Waals surface area contributed by atoms with Gasteiger partial charge >= 0.3 is 0 Å². The molecule has 0 radical (unpaired) electrons. The van der Waals surface area contributed by atoms with E-state index in [9.17, 15) is 14.9 Å². The Hall–Kier alpha value is -2.11. The zero-order valence-electron chi connectivity index (χ0n) is 11.8. The number of nitrogens with zero attached hydrogens (tertiary/aromatic N) is 2. The van der Waals surface area contributed by atoms with Crippen LogP contribution in [0.2, 0.25) is 0 Å². The van der Waals surface area contributed by atoms with Gasteiger partial charge in [0, 0.05) is 26.6 Å². The largest absolute Gasteiger partial charge is 0.379 e. The molecular formula is C14H19N3O3. The molecule has 1 aromatic carbocycles. The standard InChI is InChI=1S/C14H19N3O3/c1-10(18)16(2)12-6-7-13(14(8-12)17(19)20)15-9-11-4-3-5-11/h6-8,11,15H,3-5,9H2,1-2H3. The zero-order chi connectivity index (χ0) is 14.7. The molecule has 1 N–H and O–H groups in total. The Bertz CT molecular complexity index is 526. The number of rotatable bonds is 5. The molecule has 6 nitrogen and oxygen atoms in total. The first kappa shape index (κ1) is 14.3. The first-order valence-electron chi connectivity index (χ1n) is 6.75. The van der Waals surface area contributed by atoms with E-state index in [2.05, 4.69) is 5.32 Å². The Balaban J connectivity index is 2.18. The van der Waals surface area contributed by atoms with E-state index in [0.29, 0.717) is 17.3 Å². The average molecular weight is 277 g/mol. The van der Waals surface area contributed by atoms with Gasteiger partial charge in [-0.3, -0.25) is 14.9 Å². The smallest absolute Gasteiger partial charge is 0.294 e. The van der Waals surface area contributed by atoms with Crippen LogP contribution in [-0.4, -0.2) is 24.4 Å². The summed E-state index contributed by atoms with van der Waals surface area (Å²) in [5.41, 5.74) is 1.05.